The molecule has 0 atom stereocenters. The topological polar surface area (TPSA) is 76.0 Å². The van der Waals surface area contributed by atoms with E-state index in [2.05, 4.69) is 15.1 Å². The third-order valence-electron chi connectivity index (χ3n) is 3.94. The minimum atomic E-state index is -3.93. The van der Waals surface area contributed by atoms with Gasteiger partial charge < -0.3 is 5.32 Å². The number of benzene rings is 2. The van der Waals surface area contributed by atoms with Gasteiger partial charge in [0, 0.05) is 25.0 Å². The van der Waals surface area contributed by atoms with Crippen LogP contribution in [0.2, 0.25) is 0 Å². The number of aromatic nitrogens is 2. The Labute approximate surface area is 158 Å². The van der Waals surface area contributed by atoms with Crippen molar-refractivity contribution in [1.82, 2.24) is 15.1 Å². The van der Waals surface area contributed by atoms with Gasteiger partial charge >= 0.3 is 0 Å². The summed E-state index contributed by atoms with van der Waals surface area (Å²) >= 11 is 0. The molecule has 0 aliphatic carbocycles. The number of halogens is 1. The number of nitrogens with one attached hydrogen (secondary N) is 2. The lowest BCUT2D eigenvalue weighted by atomic mass is 10.2. The average molecular weight is 388 g/mol. The predicted octanol–water partition coefficient (Wildman–Crippen LogP) is 3.31. The molecule has 3 aromatic rings. The summed E-state index contributed by atoms with van der Waals surface area (Å²) in [5, 5.41) is 7.21. The normalized spacial score (nSPS) is 11.7. The van der Waals surface area contributed by atoms with Crippen LogP contribution in [-0.4, -0.2) is 24.2 Å². The van der Waals surface area contributed by atoms with Gasteiger partial charge in [0.1, 0.15) is 11.5 Å². The first-order chi connectivity index (χ1) is 12.9. The highest BCUT2D eigenvalue weighted by Gasteiger charge is 2.18. The molecule has 0 saturated heterocycles. The molecular formula is C19H21FN4O2S. The molecule has 142 valence electrons. The number of sulfonamides is 1. The summed E-state index contributed by atoms with van der Waals surface area (Å²) in [5.74, 6) is -0.670. The zero-order valence-electron chi connectivity index (χ0n) is 15.1. The molecule has 0 aliphatic heterocycles. The number of rotatable bonds is 7. The summed E-state index contributed by atoms with van der Waals surface area (Å²) < 4.78 is 43.7. The van der Waals surface area contributed by atoms with Crippen molar-refractivity contribution in [1.29, 1.82) is 0 Å². The summed E-state index contributed by atoms with van der Waals surface area (Å²) in [7, 11) is -3.93. The maximum absolute atomic E-state index is 14.4. The first-order valence-corrected chi connectivity index (χ1v) is 9.99. The van der Waals surface area contributed by atoms with E-state index in [0.717, 1.165) is 11.6 Å². The molecule has 0 saturated carbocycles. The SMILES string of the molecule is CC(C)NCc1ccccc1NS(=O)(=O)c1ccc(-n2cccn2)c(F)c1. The fourth-order valence-electron chi connectivity index (χ4n) is 2.54. The highest BCUT2D eigenvalue weighted by atomic mass is 32.2. The zero-order chi connectivity index (χ0) is 19.4. The molecule has 6 nitrogen and oxygen atoms in total. The van der Waals surface area contributed by atoms with Gasteiger partial charge in [-0.25, -0.2) is 17.5 Å². The van der Waals surface area contributed by atoms with Crippen molar-refractivity contribution in [2.24, 2.45) is 0 Å². The van der Waals surface area contributed by atoms with Gasteiger partial charge in [-0.05, 0) is 35.9 Å². The maximum Gasteiger partial charge on any atom is 0.262 e. The van der Waals surface area contributed by atoms with Gasteiger partial charge in [0.25, 0.3) is 10.0 Å². The van der Waals surface area contributed by atoms with E-state index in [1.807, 2.05) is 26.0 Å². The van der Waals surface area contributed by atoms with Gasteiger partial charge in [-0.2, -0.15) is 5.10 Å². The Morgan fingerprint density at radius 2 is 1.93 bits per heavy atom. The number of hydrogen-bond acceptors (Lipinski definition) is 4. The van der Waals surface area contributed by atoms with Crippen LogP contribution in [0.4, 0.5) is 10.1 Å². The molecular weight excluding hydrogens is 367 g/mol. The van der Waals surface area contributed by atoms with Crippen LogP contribution in [0.15, 0.2) is 65.8 Å². The molecule has 0 bridgehead atoms. The van der Waals surface area contributed by atoms with Crippen LogP contribution in [0.5, 0.6) is 0 Å². The molecule has 1 aromatic heterocycles. The summed E-state index contributed by atoms with van der Waals surface area (Å²) in [6.07, 6.45) is 3.11. The average Bonchev–Trinajstić information content (AvgIpc) is 3.15. The summed E-state index contributed by atoms with van der Waals surface area (Å²) in [6.45, 7) is 4.54. The van der Waals surface area contributed by atoms with Gasteiger partial charge in [-0.3, -0.25) is 4.72 Å². The fourth-order valence-corrected chi connectivity index (χ4v) is 3.66. The van der Waals surface area contributed by atoms with E-state index in [4.69, 9.17) is 0 Å². The minimum absolute atomic E-state index is 0.150. The van der Waals surface area contributed by atoms with Crippen LogP contribution in [0.3, 0.4) is 0 Å². The molecule has 0 fully saturated rings. The van der Waals surface area contributed by atoms with Crippen molar-refractivity contribution < 1.29 is 12.8 Å². The second kappa shape index (κ2) is 7.89. The number of nitrogens with zero attached hydrogens (tertiary/aromatic N) is 2. The summed E-state index contributed by atoms with van der Waals surface area (Å²) in [5.41, 5.74) is 1.45. The van der Waals surface area contributed by atoms with Crippen LogP contribution in [0.1, 0.15) is 19.4 Å². The van der Waals surface area contributed by atoms with Crippen LogP contribution < -0.4 is 10.0 Å². The number of para-hydroxylation sites is 1. The Balaban J connectivity index is 1.87. The molecule has 8 heteroatoms. The molecule has 0 spiro atoms. The molecule has 27 heavy (non-hydrogen) atoms. The highest BCUT2D eigenvalue weighted by Crippen LogP contribution is 2.22. The van der Waals surface area contributed by atoms with E-state index in [1.54, 1.807) is 24.4 Å². The van der Waals surface area contributed by atoms with Crippen LogP contribution in [0, 0.1) is 5.82 Å². The van der Waals surface area contributed by atoms with E-state index in [1.165, 1.54) is 23.0 Å². The number of hydrogen-bond donors (Lipinski definition) is 2. The van der Waals surface area contributed by atoms with Gasteiger partial charge in [0.05, 0.1) is 10.6 Å². The van der Waals surface area contributed by atoms with E-state index in [-0.39, 0.29) is 16.6 Å². The van der Waals surface area contributed by atoms with Gasteiger partial charge in [-0.15, -0.1) is 0 Å². The minimum Gasteiger partial charge on any atom is -0.310 e. The second-order valence-corrected chi connectivity index (χ2v) is 8.04. The van der Waals surface area contributed by atoms with Crippen molar-refractivity contribution in [3.63, 3.8) is 0 Å². The Hall–Kier alpha value is -2.71. The molecule has 3 rings (SSSR count). The molecule has 0 radical (unpaired) electrons. The highest BCUT2D eigenvalue weighted by molar-refractivity contribution is 7.92. The fraction of sp³-hybridized carbons (Fsp3) is 0.211. The Kier molecular flexibility index (Phi) is 5.57. The van der Waals surface area contributed by atoms with Crippen LogP contribution in [0.25, 0.3) is 5.69 Å². The molecule has 1 heterocycles. The molecule has 2 N–H and O–H groups in total. The number of anilines is 1. The molecule has 2 aromatic carbocycles. The largest absolute Gasteiger partial charge is 0.310 e. The summed E-state index contributed by atoms with van der Waals surface area (Å²) in [4.78, 5) is -0.150. The van der Waals surface area contributed by atoms with Crippen molar-refractivity contribution in [3.05, 3.63) is 72.3 Å². The molecule has 0 unspecified atom stereocenters. The first-order valence-electron chi connectivity index (χ1n) is 8.50. The quantitative estimate of drug-likeness (QED) is 0.651. The van der Waals surface area contributed by atoms with Crippen molar-refractivity contribution >= 4 is 15.7 Å². The lowest BCUT2D eigenvalue weighted by Gasteiger charge is -2.15. The van der Waals surface area contributed by atoms with Crippen molar-refractivity contribution in [2.75, 3.05) is 4.72 Å². The van der Waals surface area contributed by atoms with Crippen molar-refractivity contribution in [2.45, 2.75) is 31.3 Å². The lowest BCUT2D eigenvalue weighted by Crippen LogP contribution is -2.23. The van der Waals surface area contributed by atoms with Crippen LogP contribution >= 0.6 is 0 Å². The Bertz CT molecular complexity index is 1020. The third kappa shape index (κ3) is 4.53. The van der Waals surface area contributed by atoms with Crippen molar-refractivity contribution in [3.8, 4) is 5.69 Å². The van der Waals surface area contributed by atoms with Crippen LogP contribution in [-0.2, 0) is 16.6 Å². The standard InChI is InChI=1S/C19H21FN4O2S/c1-14(2)21-13-15-6-3-4-7-18(15)23-27(25,26)16-8-9-19(17(20)12-16)24-11-5-10-22-24/h3-12,14,21,23H,13H2,1-2H3. The maximum atomic E-state index is 14.4. The molecule has 0 amide bonds. The monoisotopic (exact) mass is 388 g/mol. The Morgan fingerprint density at radius 3 is 2.59 bits per heavy atom. The zero-order valence-corrected chi connectivity index (χ0v) is 15.9. The molecule has 0 aliphatic rings. The predicted molar refractivity (Wildman–Crippen MR) is 103 cm³/mol. The van der Waals surface area contributed by atoms with E-state index < -0.39 is 15.8 Å². The van der Waals surface area contributed by atoms with E-state index >= 15 is 0 Å². The Morgan fingerprint density at radius 1 is 1.15 bits per heavy atom. The first kappa shape index (κ1) is 19.1. The van der Waals surface area contributed by atoms with E-state index in [9.17, 15) is 12.8 Å². The summed E-state index contributed by atoms with van der Waals surface area (Å²) in [6, 6.07) is 12.8. The van der Waals surface area contributed by atoms with Gasteiger partial charge in [0.15, 0.2) is 0 Å². The second-order valence-electron chi connectivity index (χ2n) is 6.36. The van der Waals surface area contributed by atoms with Gasteiger partial charge in [0.2, 0.25) is 0 Å². The lowest BCUT2D eigenvalue weighted by molar-refractivity contribution is 0.587. The van der Waals surface area contributed by atoms with Gasteiger partial charge in [-0.1, -0.05) is 32.0 Å². The third-order valence-corrected chi connectivity index (χ3v) is 5.31. The van der Waals surface area contributed by atoms with E-state index in [0.29, 0.717) is 12.2 Å². The smallest absolute Gasteiger partial charge is 0.262 e.